The molecule has 2 aromatic rings. The molecule has 0 atom stereocenters. The van der Waals surface area contributed by atoms with E-state index in [4.69, 9.17) is 16.7 Å². The summed E-state index contributed by atoms with van der Waals surface area (Å²) in [5.41, 5.74) is 0.792. The molecule has 0 aliphatic rings. The molecule has 7 heteroatoms. The van der Waals surface area contributed by atoms with Crippen molar-refractivity contribution in [1.29, 1.82) is 0 Å². The predicted octanol–water partition coefficient (Wildman–Crippen LogP) is 2.46. The second kappa shape index (κ2) is 8.08. The minimum Gasteiger partial charge on any atom is -0.395 e. The molecule has 1 aromatic carbocycles. The summed E-state index contributed by atoms with van der Waals surface area (Å²) >= 11 is 5.89. The van der Waals surface area contributed by atoms with E-state index in [2.05, 4.69) is 17.0 Å². The van der Waals surface area contributed by atoms with Crippen molar-refractivity contribution in [3.05, 3.63) is 40.9 Å². The van der Waals surface area contributed by atoms with Crippen molar-refractivity contribution < 1.29 is 9.90 Å². The molecule has 0 unspecified atom stereocenters. The molecule has 23 heavy (non-hydrogen) atoms. The lowest BCUT2D eigenvalue weighted by Crippen LogP contribution is -2.35. The van der Waals surface area contributed by atoms with Crippen LogP contribution in [0.5, 0.6) is 0 Å². The van der Waals surface area contributed by atoms with E-state index in [-0.39, 0.29) is 24.9 Å². The Hall–Kier alpha value is -1.92. The molecule has 124 valence electrons. The molecule has 0 aliphatic carbocycles. The first kappa shape index (κ1) is 17.4. The number of aromatic nitrogens is 3. The van der Waals surface area contributed by atoms with Crippen molar-refractivity contribution in [3.8, 4) is 5.69 Å². The Morgan fingerprint density at radius 3 is 2.61 bits per heavy atom. The zero-order chi connectivity index (χ0) is 16.8. The van der Waals surface area contributed by atoms with E-state index in [0.717, 1.165) is 18.5 Å². The molecule has 0 radical (unpaired) electrons. The number of nitrogens with zero attached hydrogens (tertiary/aromatic N) is 4. The van der Waals surface area contributed by atoms with Crippen LogP contribution in [-0.2, 0) is 0 Å². The van der Waals surface area contributed by atoms with Crippen LogP contribution < -0.4 is 0 Å². The van der Waals surface area contributed by atoms with Crippen molar-refractivity contribution >= 4 is 17.5 Å². The number of rotatable bonds is 7. The molecule has 1 amide bonds. The molecule has 1 aromatic heterocycles. The molecule has 0 fully saturated rings. The van der Waals surface area contributed by atoms with Crippen LogP contribution in [0.4, 0.5) is 0 Å². The van der Waals surface area contributed by atoms with Gasteiger partial charge >= 0.3 is 0 Å². The highest BCUT2D eigenvalue weighted by atomic mass is 35.5. The van der Waals surface area contributed by atoms with E-state index >= 15 is 0 Å². The van der Waals surface area contributed by atoms with Gasteiger partial charge in [0.1, 0.15) is 5.82 Å². The van der Waals surface area contributed by atoms with Gasteiger partial charge in [-0.25, -0.2) is 9.67 Å². The number of carbonyl (C=O) groups excluding carboxylic acids is 1. The highest BCUT2D eigenvalue weighted by Crippen LogP contribution is 2.15. The SMILES string of the molecule is CCCCN(CCO)C(=O)c1nc(C)n(-c2ccc(Cl)cc2)n1. The third kappa shape index (κ3) is 4.30. The smallest absolute Gasteiger partial charge is 0.293 e. The van der Waals surface area contributed by atoms with E-state index in [0.29, 0.717) is 17.4 Å². The van der Waals surface area contributed by atoms with E-state index in [9.17, 15) is 4.79 Å². The molecule has 2 rings (SSSR count). The van der Waals surface area contributed by atoms with Crippen LogP contribution >= 0.6 is 11.6 Å². The first-order chi connectivity index (χ1) is 11.1. The molecular formula is C16H21ClN4O2. The first-order valence-electron chi connectivity index (χ1n) is 7.66. The van der Waals surface area contributed by atoms with Gasteiger partial charge in [0.05, 0.1) is 12.3 Å². The number of hydrogen-bond acceptors (Lipinski definition) is 4. The molecule has 1 N–H and O–H groups in total. The predicted molar refractivity (Wildman–Crippen MR) is 89.0 cm³/mol. The van der Waals surface area contributed by atoms with Crippen LogP contribution in [0, 0.1) is 6.92 Å². The Balaban J connectivity index is 2.24. The van der Waals surface area contributed by atoms with Crippen LogP contribution in [0.2, 0.25) is 5.02 Å². The fourth-order valence-electron chi connectivity index (χ4n) is 2.23. The highest BCUT2D eigenvalue weighted by molar-refractivity contribution is 6.30. The maximum atomic E-state index is 12.5. The molecule has 0 spiro atoms. The van der Waals surface area contributed by atoms with Gasteiger partial charge in [0.15, 0.2) is 0 Å². The number of unbranched alkanes of at least 4 members (excludes halogenated alkanes) is 1. The Morgan fingerprint density at radius 2 is 2.00 bits per heavy atom. The van der Waals surface area contributed by atoms with Crippen molar-refractivity contribution in [1.82, 2.24) is 19.7 Å². The van der Waals surface area contributed by atoms with E-state index in [1.807, 2.05) is 12.1 Å². The number of halogens is 1. The zero-order valence-corrected chi connectivity index (χ0v) is 14.1. The van der Waals surface area contributed by atoms with E-state index in [1.165, 1.54) is 0 Å². The van der Waals surface area contributed by atoms with Gasteiger partial charge in [-0.3, -0.25) is 4.79 Å². The average Bonchev–Trinajstić information content (AvgIpc) is 2.93. The van der Waals surface area contributed by atoms with Gasteiger partial charge in [-0.05, 0) is 37.6 Å². The maximum Gasteiger partial charge on any atom is 0.293 e. The van der Waals surface area contributed by atoms with Gasteiger partial charge < -0.3 is 10.0 Å². The minimum atomic E-state index is -0.261. The van der Waals surface area contributed by atoms with Gasteiger partial charge in [-0.1, -0.05) is 24.9 Å². The summed E-state index contributed by atoms with van der Waals surface area (Å²) in [5.74, 6) is 0.500. The second-order valence-electron chi connectivity index (χ2n) is 5.24. The van der Waals surface area contributed by atoms with Crippen molar-refractivity contribution in [3.63, 3.8) is 0 Å². The van der Waals surface area contributed by atoms with Crippen LogP contribution in [0.25, 0.3) is 5.69 Å². The summed E-state index contributed by atoms with van der Waals surface area (Å²) < 4.78 is 1.61. The van der Waals surface area contributed by atoms with Gasteiger partial charge in [-0.15, -0.1) is 5.10 Å². The number of hydrogen-bond donors (Lipinski definition) is 1. The highest BCUT2D eigenvalue weighted by Gasteiger charge is 2.21. The molecule has 0 bridgehead atoms. The lowest BCUT2D eigenvalue weighted by atomic mass is 10.3. The van der Waals surface area contributed by atoms with Crippen molar-refractivity contribution in [2.24, 2.45) is 0 Å². The number of aliphatic hydroxyl groups excluding tert-OH is 1. The van der Waals surface area contributed by atoms with Gasteiger partial charge in [0.25, 0.3) is 5.91 Å². The van der Waals surface area contributed by atoms with E-state index < -0.39 is 0 Å². The Kier molecular flexibility index (Phi) is 6.12. The van der Waals surface area contributed by atoms with Crippen molar-refractivity contribution in [2.75, 3.05) is 19.7 Å². The molecule has 0 aliphatic heterocycles. The number of amides is 1. The summed E-state index contributed by atoms with van der Waals surface area (Å²) in [7, 11) is 0. The lowest BCUT2D eigenvalue weighted by Gasteiger charge is -2.19. The van der Waals surface area contributed by atoms with Gasteiger partial charge in [-0.2, -0.15) is 0 Å². The van der Waals surface area contributed by atoms with E-state index in [1.54, 1.807) is 28.6 Å². The number of carbonyl (C=O) groups is 1. The largest absolute Gasteiger partial charge is 0.395 e. The topological polar surface area (TPSA) is 71.2 Å². The van der Waals surface area contributed by atoms with Crippen molar-refractivity contribution in [2.45, 2.75) is 26.7 Å². The summed E-state index contributed by atoms with van der Waals surface area (Å²) in [6.45, 7) is 4.64. The summed E-state index contributed by atoms with van der Waals surface area (Å²) in [6.07, 6.45) is 1.85. The molecule has 6 nitrogen and oxygen atoms in total. The van der Waals surface area contributed by atoms with Gasteiger partial charge in [0.2, 0.25) is 5.82 Å². The monoisotopic (exact) mass is 336 g/mol. The third-order valence-electron chi connectivity index (χ3n) is 3.47. The molecular weight excluding hydrogens is 316 g/mol. The first-order valence-corrected chi connectivity index (χ1v) is 8.04. The fraction of sp³-hybridized carbons (Fsp3) is 0.438. The standard InChI is InChI=1S/C16H21ClN4O2/c1-3-4-9-20(10-11-22)16(23)15-18-12(2)21(19-15)14-7-5-13(17)6-8-14/h5-8,22H,3-4,9-11H2,1-2H3. The molecule has 1 heterocycles. The number of aryl methyl sites for hydroxylation is 1. The summed E-state index contributed by atoms with van der Waals surface area (Å²) in [5, 5.41) is 14.1. The molecule has 0 saturated heterocycles. The van der Waals surface area contributed by atoms with Crippen LogP contribution in [-0.4, -0.2) is 50.4 Å². The fourth-order valence-corrected chi connectivity index (χ4v) is 2.36. The van der Waals surface area contributed by atoms with Crippen LogP contribution in [0.3, 0.4) is 0 Å². The number of aliphatic hydroxyl groups is 1. The Morgan fingerprint density at radius 1 is 1.30 bits per heavy atom. The normalized spacial score (nSPS) is 10.8. The molecule has 0 saturated carbocycles. The lowest BCUT2D eigenvalue weighted by molar-refractivity contribution is 0.0707. The quantitative estimate of drug-likeness (QED) is 0.843. The second-order valence-corrected chi connectivity index (χ2v) is 5.68. The number of benzene rings is 1. The van der Waals surface area contributed by atoms with Gasteiger partial charge in [0, 0.05) is 18.1 Å². The summed E-state index contributed by atoms with van der Waals surface area (Å²) in [4.78, 5) is 18.4. The Bertz CT molecular complexity index is 655. The minimum absolute atomic E-state index is 0.0771. The van der Waals surface area contributed by atoms with Crippen LogP contribution in [0.15, 0.2) is 24.3 Å². The zero-order valence-electron chi connectivity index (χ0n) is 13.4. The Labute approximate surface area is 140 Å². The maximum absolute atomic E-state index is 12.5. The third-order valence-corrected chi connectivity index (χ3v) is 3.72. The summed E-state index contributed by atoms with van der Waals surface area (Å²) in [6, 6.07) is 7.17. The average molecular weight is 337 g/mol. The van der Waals surface area contributed by atoms with Crippen LogP contribution in [0.1, 0.15) is 36.2 Å².